The lowest BCUT2D eigenvalue weighted by Crippen LogP contribution is -2.64. The topological polar surface area (TPSA) is 42.9 Å². The first-order valence-electron chi connectivity index (χ1n) is 8.68. The van der Waals surface area contributed by atoms with E-state index >= 15 is 0 Å². The first-order chi connectivity index (χ1) is 10.2. The summed E-state index contributed by atoms with van der Waals surface area (Å²) in [5, 5.41) is 7.17. The second-order valence-corrected chi connectivity index (χ2v) is 7.04. The molecule has 0 aromatic carbocycles. The molecule has 1 aliphatic carbocycles. The quantitative estimate of drug-likeness (QED) is 0.595. The SMILES string of the molecule is CN=C(NCC1CN2CCN1CC2)NC1CCC(C)CC1. The zero-order chi connectivity index (χ0) is 14.7. The summed E-state index contributed by atoms with van der Waals surface area (Å²) in [7, 11) is 1.89. The highest BCUT2D eigenvalue weighted by molar-refractivity contribution is 5.80. The van der Waals surface area contributed by atoms with Gasteiger partial charge in [0, 0.05) is 58.4 Å². The number of rotatable bonds is 3. The van der Waals surface area contributed by atoms with E-state index in [9.17, 15) is 0 Å². The minimum atomic E-state index is 0.610. The number of hydrogen-bond acceptors (Lipinski definition) is 3. The molecule has 0 aromatic rings. The maximum Gasteiger partial charge on any atom is 0.191 e. The van der Waals surface area contributed by atoms with Crippen LogP contribution in [0, 0.1) is 5.92 Å². The molecule has 1 unspecified atom stereocenters. The Morgan fingerprint density at radius 2 is 1.81 bits per heavy atom. The van der Waals surface area contributed by atoms with Crippen LogP contribution in [0.4, 0.5) is 0 Å². The van der Waals surface area contributed by atoms with Crippen LogP contribution in [-0.2, 0) is 0 Å². The molecule has 5 heteroatoms. The largest absolute Gasteiger partial charge is 0.355 e. The van der Waals surface area contributed by atoms with Crippen LogP contribution in [-0.4, -0.2) is 74.2 Å². The van der Waals surface area contributed by atoms with Crippen molar-refractivity contribution in [3.63, 3.8) is 0 Å². The van der Waals surface area contributed by atoms with Crippen molar-refractivity contribution >= 4 is 5.96 Å². The van der Waals surface area contributed by atoms with E-state index < -0.39 is 0 Å². The molecule has 2 N–H and O–H groups in total. The predicted octanol–water partition coefficient (Wildman–Crippen LogP) is 0.730. The average molecular weight is 293 g/mol. The number of nitrogens with one attached hydrogen (secondary N) is 2. The molecule has 0 aromatic heterocycles. The van der Waals surface area contributed by atoms with Crippen LogP contribution in [0.5, 0.6) is 0 Å². The molecule has 1 saturated carbocycles. The van der Waals surface area contributed by atoms with Crippen molar-refractivity contribution in [1.82, 2.24) is 20.4 Å². The van der Waals surface area contributed by atoms with Crippen molar-refractivity contribution in [2.24, 2.45) is 10.9 Å². The van der Waals surface area contributed by atoms with E-state index in [-0.39, 0.29) is 0 Å². The van der Waals surface area contributed by atoms with E-state index in [0.29, 0.717) is 12.1 Å². The van der Waals surface area contributed by atoms with Crippen LogP contribution in [0.25, 0.3) is 0 Å². The minimum Gasteiger partial charge on any atom is -0.355 e. The highest BCUT2D eigenvalue weighted by Gasteiger charge is 2.31. The second-order valence-electron chi connectivity index (χ2n) is 7.04. The van der Waals surface area contributed by atoms with Crippen molar-refractivity contribution in [3.8, 4) is 0 Å². The summed E-state index contributed by atoms with van der Waals surface area (Å²) in [6.07, 6.45) is 5.26. The summed E-state index contributed by atoms with van der Waals surface area (Å²) in [6.45, 7) is 9.57. The predicted molar refractivity (Wildman–Crippen MR) is 87.7 cm³/mol. The van der Waals surface area contributed by atoms with Gasteiger partial charge >= 0.3 is 0 Å². The maximum atomic E-state index is 4.41. The van der Waals surface area contributed by atoms with E-state index in [1.54, 1.807) is 0 Å². The molecule has 3 heterocycles. The Hall–Kier alpha value is -0.810. The molecule has 1 atom stereocenters. The van der Waals surface area contributed by atoms with Gasteiger partial charge in [-0.15, -0.1) is 0 Å². The molecule has 4 aliphatic rings. The fourth-order valence-corrected chi connectivity index (χ4v) is 3.93. The summed E-state index contributed by atoms with van der Waals surface area (Å²) >= 11 is 0. The van der Waals surface area contributed by atoms with Gasteiger partial charge in [-0.25, -0.2) is 0 Å². The van der Waals surface area contributed by atoms with Gasteiger partial charge in [-0.2, -0.15) is 0 Å². The van der Waals surface area contributed by atoms with Gasteiger partial charge in [0.2, 0.25) is 0 Å². The Labute approximate surface area is 129 Å². The van der Waals surface area contributed by atoms with Crippen LogP contribution in [0.15, 0.2) is 4.99 Å². The molecule has 3 aliphatic heterocycles. The highest BCUT2D eigenvalue weighted by atomic mass is 15.4. The van der Waals surface area contributed by atoms with Crippen molar-refractivity contribution < 1.29 is 0 Å². The van der Waals surface area contributed by atoms with Gasteiger partial charge in [0.05, 0.1) is 0 Å². The normalized spacial score (nSPS) is 40.1. The number of fused-ring (bicyclic) bond motifs is 3. The minimum absolute atomic E-state index is 0.610. The standard InChI is InChI=1S/C16H31N5/c1-13-3-5-14(6-4-13)19-16(17-2)18-11-15-12-20-7-9-21(15)10-8-20/h13-15H,3-12H2,1-2H3,(H2,17,18,19). The summed E-state index contributed by atoms with van der Waals surface area (Å²) in [5.41, 5.74) is 0. The third-order valence-electron chi connectivity index (χ3n) is 5.48. The Bertz CT molecular complexity index is 354. The number of hydrogen-bond donors (Lipinski definition) is 2. The van der Waals surface area contributed by atoms with Crippen LogP contribution >= 0.6 is 0 Å². The second kappa shape index (κ2) is 6.97. The van der Waals surface area contributed by atoms with Crippen LogP contribution in [0.2, 0.25) is 0 Å². The first kappa shape index (κ1) is 15.1. The van der Waals surface area contributed by atoms with Gasteiger partial charge in [-0.3, -0.25) is 14.8 Å². The maximum absolute atomic E-state index is 4.41. The first-order valence-corrected chi connectivity index (χ1v) is 8.68. The summed E-state index contributed by atoms with van der Waals surface area (Å²) in [4.78, 5) is 9.63. The lowest BCUT2D eigenvalue weighted by molar-refractivity contribution is 0.0154. The van der Waals surface area contributed by atoms with Crippen LogP contribution in [0.3, 0.4) is 0 Å². The molecule has 120 valence electrons. The zero-order valence-corrected chi connectivity index (χ0v) is 13.6. The number of nitrogens with zero attached hydrogens (tertiary/aromatic N) is 3. The monoisotopic (exact) mass is 293 g/mol. The van der Waals surface area contributed by atoms with E-state index in [4.69, 9.17) is 0 Å². The Kier molecular flexibility index (Phi) is 5.01. The summed E-state index contributed by atoms with van der Waals surface area (Å²) in [6, 6.07) is 1.26. The van der Waals surface area contributed by atoms with Crippen LogP contribution < -0.4 is 10.6 Å². The van der Waals surface area contributed by atoms with Crippen molar-refractivity contribution in [2.75, 3.05) is 46.3 Å². The zero-order valence-electron chi connectivity index (χ0n) is 13.6. The molecule has 5 nitrogen and oxygen atoms in total. The number of piperazine rings is 3. The highest BCUT2D eigenvalue weighted by Crippen LogP contribution is 2.23. The van der Waals surface area contributed by atoms with E-state index in [1.165, 1.54) is 58.4 Å². The number of aliphatic imine (C=N–C) groups is 1. The molecule has 4 fully saturated rings. The van der Waals surface area contributed by atoms with Crippen molar-refractivity contribution in [3.05, 3.63) is 0 Å². The van der Waals surface area contributed by atoms with E-state index in [1.807, 2.05) is 7.05 Å². The van der Waals surface area contributed by atoms with Crippen molar-refractivity contribution in [1.29, 1.82) is 0 Å². The third-order valence-corrected chi connectivity index (χ3v) is 5.48. The van der Waals surface area contributed by atoms with Gasteiger partial charge in [-0.1, -0.05) is 6.92 Å². The molecule has 0 amide bonds. The molecule has 0 radical (unpaired) electrons. The Morgan fingerprint density at radius 3 is 2.38 bits per heavy atom. The van der Waals surface area contributed by atoms with Gasteiger partial charge in [0.1, 0.15) is 0 Å². The Morgan fingerprint density at radius 1 is 1.10 bits per heavy atom. The molecular formula is C16H31N5. The molecular weight excluding hydrogens is 262 g/mol. The molecule has 21 heavy (non-hydrogen) atoms. The fraction of sp³-hybridized carbons (Fsp3) is 0.938. The fourth-order valence-electron chi connectivity index (χ4n) is 3.93. The molecule has 4 rings (SSSR count). The average Bonchev–Trinajstić information content (AvgIpc) is 2.54. The lowest BCUT2D eigenvalue weighted by Gasteiger charge is -2.47. The smallest absolute Gasteiger partial charge is 0.191 e. The number of guanidine groups is 1. The Balaban J connectivity index is 1.43. The van der Waals surface area contributed by atoms with Gasteiger partial charge in [-0.05, 0) is 31.6 Å². The summed E-state index contributed by atoms with van der Waals surface area (Å²) < 4.78 is 0. The van der Waals surface area contributed by atoms with Gasteiger partial charge in [0.15, 0.2) is 5.96 Å². The summed E-state index contributed by atoms with van der Waals surface area (Å²) in [5.74, 6) is 1.89. The third kappa shape index (κ3) is 3.89. The van der Waals surface area contributed by atoms with Crippen LogP contribution in [0.1, 0.15) is 32.6 Å². The van der Waals surface area contributed by atoms with Gasteiger partial charge in [0.25, 0.3) is 0 Å². The molecule has 0 spiro atoms. The molecule has 2 bridgehead atoms. The van der Waals surface area contributed by atoms with E-state index in [2.05, 4.69) is 32.3 Å². The van der Waals surface area contributed by atoms with Crippen molar-refractivity contribution in [2.45, 2.75) is 44.7 Å². The lowest BCUT2D eigenvalue weighted by atomic mass is 9.87. The molecule has 3 saturated heterocycles. The van der Waals surface area contributed by atoms with E-state index in [0.717, 1.165) is 18.4 Å². The van der Waals surface area contributed by atoms with Gasteiger partial charge < -0.3 is 10.6 Å².